The van der Waals surface area contributed by atoms with Crippen molar-refractivity contribution in [2.75, 3.05) is 14.2 Å². The molecule has 0 radical (unpaired) electrons. The molecule has 0 saturated carbocycles. The minimum atomic E-state index is -0.613. The molecule has 0 heterocycles. The summed E-state index contributed by atoms with van der Waals surface area (Å²) in [6, 6.07) is 13.8. The number of benzene rings is 2. The Balaban J connectivity index is 2.36. The lowest BCUT2D eigenvalue weighted by Crippen LogP contribution is -2.22. The van der Waals surface area contributed by atoms with Gasteiger partial charge in [-0.05, 0) is 11.6 Å². The Labute approximate surface area is 118 Å². The molecule has 2 atom stereocenters. The molecule has 0 amide bonds. The zero-order valence-corrected chi connectivity index (χ0v) is 11.5. The second-order valence-electron chi connectivity index (χ2n) is 4.46. The van der Waals surface area contributed by atoms with Crippen LogP contribution in [0.5, 0.6) is 5.75 Å². The van der Waals surface area contributed by atoms with Gasteiger partial charge in [0, 0.05) is 12.7 Å². The van der Waals surface area contributed by atoms with Gasteiger partial charge >= 0.3 is 0 Å². The van der Waals surface area contributed by atoms with E-state index in [4.69, 9.17) is 15.2 Å². The maximum absolute atomic E-state index is 14.3. The number of hydrogen-bond acceptors (Lipinski definition) is 3. The lowest BCUT2D eigenvalue weighted by molar-refractivity contribution is 0.0789. The molecule has 0 aliphatic rings. The molecule has 2 N–H and O–H groups in total. The van der Waals surface area contributed by atoms with Crippen molar-refractivity contribution in [1.29, 1.82) is 0 Å². The zero-order valence-electron chi connectivity index (χ0n) is 11.5. The molecule has 106 valence electrons. The van der Waals surface area contributed by atoms with Crippen LogP contribution in [0.1, 0.15) is 23.3 Å². The topological polar surface area (TPSA) is 44.5 Å². The fraction of sp³-hybridized carbons (Fsp3) is 0.250. The first kappa shape index (κ1) is 14.5. The maximum atomic E-state index is 14.3. The second kappa shape index (κ2) is 6.50. The number of halogens is 1. The SMILES string of the molecule is COc1cccc(C(N)C(OC)c2ccccc2)c1F. The van der Waals surface area contributed by atoms with Crippen LogP contribution in [0.3, 0.4) is 0 Å². The molecule has 0 saturated heterocycles. The van der Waals surface area contributed by atoms with Gasteiger partial charge in [0.25, 0.3) is 0 Å². The summed E-state index contributed by atoms with van der Waals surface area (Å²) in [7, 11) is 2.99. The molecule has 2 rings (SSSR count). The highest BCUT2D eigenvalue weighted by Gasteiger charge is 2.24. The van der Waals surface area contributed by atoms with Crippen LogP contribution in [-0.2, 0) is 4.74 Å². The molecule has 2 aromatic carbocycles. The van der Waals surface area contributed by atoms with E-state index in [0.29, 0.717) is 5.56 Å². The third-order valence-corrected chi connectivity index (χ3v) is 3.28. The van der Waals surface area contributed by atoms with Crippen LogP contribution in [0.25, 0.3) is 0 Å². The fourth-order valence-corrected chi connectivity index (χ4v) is 2.24. The van der Waals surface area contributed by atoms with E-state index in [1.54, 1.807) is 25.3 Å². The Morgan fingerprint density at radius 1 is 1.00 bits per heavy atom. The molecule has 0 fully saturated rings. The first-order valence-electron chi connectivity index (χ1n) is 6.34. The molecule has 2 aromatic rings. The summed E-state index contributed by atoms with van der Waals surface area (Å²) in [4.78, 5) is 0. The van der Waals surface area contributed by atoms with Crippen LogP contribution in [0, 0.1) is 5.82 Å². The highest BCUT2D eigenvalue weighted by atomic mass is 19.1. The minimum absolute atomic E-state index is 0.181. The van der Waals surface area contributed by atoms with Gasteiger partial charge in [-0.1, -0.05) is 42.5 Å². The molecule has 0 bridgehead atoms. The molecule has 3 nitrogen and oxygen atoms in total. The lowest BCUT2D eigenvalue weighted by atomic mass is 9.96. The summed E-state index contributed by atoms with van der Waals surface area (Å²) in [6.45, 7) is 0. The Morgan fingerprint density at radius 3 is 2.30 bits per heavy atom. The number of rotatable bonds is 5. The van der Waals surface area contributed by atoms with Crippen LogP contribution < -0.4 is 10.5 Å². The number of methoxy groups -OCH3 is 2. The third-order valence-electron chi connectivity index (χ3n) is 3.28. The molecule has 0 aliphatic carbocycles. The van der Waals surface area contributed by atoms with E-state index in [9.17, 15) is 4.39 Å². The van der Waals surface area contributed by atoms with Crippen molar-refractivity contribution in [1.82, 2.24) is 0 Å². The van der Waals surface area contributed by atoms with Crippen molar-refractivity contribution in [3.8, 4) is 5.75 Å². The van der Waals surface area contributed by atoms with Crippen LogP contribution >= 0.6 is 0 Å². The van der Waals surface area contributed by atoms with Crippen molar-refractivity contribution in [3.05, 3.63) is 65.5 Å². The monoisotopic (exact) mass is 275 g/mol. The van der Waals surface area contributed by atoms with Crippen molar-refractivity contribution in [3.63, 3.8) is 0 Å². The van der Waals surface area contributed by atoms with Crippen LogP contribution in [0.15, 0.2) is 48.5 Å². The third kappa shape index (κ3) is 2.81. The maximum Gasteiger partial charge on any atom is 0.169 e. The van der Waals surface area contributed by atoms with E-state index in [1.807, 2.05) is 30.3 Å². The molecular formula is C16H18FNO2. The summed E-state index contributed by atoms with van der Waals surface area (Å²) in [5.74, 6) is -0.263. The highest BCUT2D eigenvalue weighted by molar-refractivity contribution is 5.35. The Hall–Kier alpha value is -1.91. The van der Waals surface area contributed by atoms with Crippen LogP contribution in [0.4, 0.5) is 4.39 Å². The van der Waals surface area contributed by atoms with E-state index in [1.165, 1.54) is 7.11 Å². The Morgan fingerprint density at radius 2 is 1.70 bits per heavy atom. The van der Waals surface area contributed by atoms with Gasteiger partial charge in [-0.2, -0.15) is 0 Å². The largest absolute Gasteiger partial charge is 0.494 e. The standard InChI is InChI=1S/C16H18FNO2/c1-19-13-10-6-9-12(14(13)17)15(18)16(20-2)11-7-4-3-5-8-11/h3-10,15-16H,18H2,1-2H3. The Kier molecular flexibility index (Phi) is 4.71. The van der Waals surface area contributed by atoms with E-state index in [-0.39, 0.29) is 5.75 Å². The molecule has 0 spiro atoms. The van der Waals surface area contributed by atoms with E-state index >= 15 is 0 Å². The van der Waals surface area contributed by atoms with Crippen molar-refractivity contribution < 1.29 is 13.9 Å². The number of ether oxygens (including phenoxy) is 2. The van der Waals surface area contributed by atoms with Gasteiger partial charge in [-0.15, -0.1) is 0 Å². The van der Waals surface area contributed by atoms with Crippen molar-refractivity contribution in [2.24, 2.45) is 5.73 Å². The molecule has 0 aliphatic heterocycles. The van der Waals surface area contributed by atoms with Gasteiger partial charge in [-0.25, -0.2) is 4.39 Å². The zero-order chi connectivity index (χ0) is 14.5. The summed E-state index contributed by atoms with van der Waals surface area (Å²) >= 11 is 0. The normalized spacial score (nSPS) is 13.8. The van der Waals surface area contributed by atoms with Crippen LogP contribution in [0.2, 0.25) is 0 Å². The number of nitrogens with two attached hydrogens (primary N) is 1. The average molecular weight is 275 g/mol. The minimum Gasteiger partial charge on any atom is -0.494 e. The van der Waals surface area contributed by atoms with Gasteiger partial charge in [-0.3, -0.25) is 0 Å². The molecule has 2 unspecified atom stereocenters. The van der Waals surface area contributed by atoms with Crippen molar-refractivity contribution in [2.45, 2.75) is 12.1 Å². The molecule has 4 heteroatoms. The van der Waals surface area contributed by atoms with Gasteiger partial charge in [0.1, 0.15) is 6.10 Å². The van der Waals surface area contributed by atoms with Crippen LogP contribution in [-0.4, -0.2) is 14.2 Å². The first-order valence-corrected chi connectivity index (χ1v) is 6.34. The molecular weight excluding hydrogens is 257 g/mol. The average Bonchev–Trinajstić information content (AvgIpc) is 2.49. The van der Waals surface area contributed by atoms with Gasteiger partial charge in [0.05, 0.1) is 13.2 Å². The lowest BCUT2D eigenvalue weighted by Gasteiger charge is -2.24. The summed E-state index contributed by atoms with van der Waals surface area (Å²) < 4.78 is 24.7. The summed E-state index contributed by atoms with van der Waals surface area (Å²) in [5.41, 5.74) is 7.47. The second-order valence-corrected chi connectivity index (χ2v) is 4.46. The van der Waals surface area contributed by atoms with Gasteiger partial charge in [0.15, 0.2) is 11.6 Å². The van der Waals surface area contributed by atoms with E-state index in [0.717, 1.165) is 5.56 Å². The predicted molar refractivity (Wildman–Crippen MR) is 76.1 cm³/mol. The summed E-state index contributed by atoms with van der Waals surface area (Å²) in [6.07, 6.45) is -0.419. The molecule has 20 heavy (non-hydrogen) atoms. The van der Waals surface area contributed by atoms with E-state index < -0.39 is 18.0 Å². The van der Waals surface area contributed by atoms with Gasteiger partial charge in [0.2, 0.25) is 0 Å². The smallest absolute Gasteiger partial charge is 0.169 e. The Bertz CT molecular complexity index is 560. The van der Waals surface area contributed by atoms with Crippen molar-refractivity contribution >= 4 is 0 Å². The predicted octanol–water partition coefficient (Wildman–Crippen LogP) is 3.22. The highest BCUT2D eigenvalue weighted by Crippen LogP contribution is 2.33. The summed E-state index contributed by atoms with van der Waals surface area (Å²) in [5, 5.41) is 0. The van der Waals surface area contributed by atoms with Gasteiger partial charge < -0.3 is 15.2 Å². The fourth-order valence-electron chi connectivity index (χ4n) is 2.24. The quantitative estimate of drug-likeness (QED) is 0.911. The molecule has 0 aromatic heterocycles. The number of hydrogen-bond donors (Lipinski definition) is 1. The first-order chi connectivity index (χ1) is 9.69. The van der Waals surface area contributed by atoms with E-state index in [2.05, 4.69) is 0 Å².